The summed E-state index contributed by atoms with van der Waals surface area (Å²) in [5, 5.41) is 4.51. The van der Waals surface area contributed by atoms with Crippen LogP contribution in [0.3, 0.4) is 0 Å². The van der Waals surface area contributed by atoms with Crippen molar-refractivity contribution in [1.29, 1.82) is 0 Å². The molecule has 3 heterocycles. The zero-order valence-corrected chi connectivity index (χ0v) is 27.0. The van der Waals surface area contributed by atoms with Crippen LogP contribution in [-0.4, -0.2) is 8.42 Å². The van der Waals surface area contributed by atoms with Gasteiger partial charge in [-0.2, -0.15) is 0 Å². The van der Waals surface area contributed by atoms with E-state index in [1.165, 1.54) is 16.8 Å². The lowest BCUT2D eigenvalue weighted by Crippen LogP contribution is -2.82. The third-order valence-corrected chi connectivity index (χ3v) is 11.1. The number of quaternary nitrogens is 1. The Bertz CT molecular complexity index is 2540. The summed E-state index contributed by atoms with van der Waals surface area (Å²) in [7, 11) is -3.34. The van der Waals surface area contributed by atoms with E-state index in [4.69, 9.17) is 4.42 Å². The van der Waals surface area contributed by atoms with E-state index in [1.807, 2.05) is 48.5 Å². The second-order valence-corrected chi connectivity index (χ2v) is 14.8. The number of rotatable bonds is 4. The third kappa shape index (κ3) is 5.18. The SMILES string of the molecule is O=S1(=O)Cc2ccc(C3=CC(c4ccccc4)[NH2+]C(c4ccccc4)=C3)cc2-c2cc(-c3ccc4c(c3)oc3ccccc34)ccc2C1. The summed E-state index contributed by atoms with van der Waals surface area (Å²) in [6, 6.07) is 48.0. The van der Waals surface area contributed by atoms with Crippen LogP contribution in [0.5, 0.6) is 0 Å². The summed E-state index contributed by atoms with van der Waals surface area (Å²) >= 11 is 0. The highest BCUT2D eigenvalue weighted by atomic mass is 32.2. The van der Waals surface area contributed by atoms with Crippen LogP contribution in [0.15, 0.2) is 156 Å². The van der Waals surface area contributed by atoms with Gasteiger partial charge < -0.3 is 9.73 Å². The molecular weight excluding hydrogens is 611 g/mol. The summed E-state index contributed by atoms with van der Waals surface area (Å²) in [6.45, 7) is 0. The first-order valence-corrected chi connectivity index (χ1v) is 18.1. The smallest absolute Gasteiger partial charge is 0.158 e. The zero-order chi connectivity index (χ0) is 32.2. The van der Waals surface area contributed by atoms with E-state index in [-0.39, 0.29) is 17.5 Å². The van der Waals surface area contributed by atoms with Gasteiger partial charge in [-0.1, -0.05) is 97.1 Å². The van der Waals surface area contributed by atoms with E-state index in [0.717, 1.165) is 66.5 Å². The van der Waals surface area contributed by atoms with Gasteiger partial charge in [-0.25, -0.2) is 8.42 Å². The quantitative estimate of drug-likeness (QED) is 0.208. The maximum atomic E-state index is 13.3. The molecule has 0 aliphatic carbocycles. The van der Waals surface area contributed by atoms with Gasteiger partial charge in [0.1, 0.15) is 22.9 Å². The van der Waals surface area contributed by atoms with Crippen molar-refractivity contribution in [2.45, 2.75) is 17.5 Å². The number of sulfone groups is 1. The minimum Gasteiger partial charge on any atom is -0.456 e. The Morgan fingerprint density at radius 2 is 1.17 bits per heavy atom. The zero-order valence-electron chi connectivity index (χ0n) is 26.1. The van der Waals surface area contributed by atoms with Gasteiger partial charge in [0.05, 0.1) is 11.5 Å². The molecule has 6 aromatic carbocycles. The van der Waals surface area contributed by atoms with Crippen LogP contribution in [0, 0.1) is 0 Å². The first-order chi connectivity index (χ1) is 23.5. The fourth-order valence-electron chi connectivity index (χ4n) is 7.25. The number of fused-ring (bicyclic) bond motifs is 6. The van der Waals surface area contributed by atoms with Gasteiger partial charge in [-0.3, -0.25) is 0 Å². The monoisotopic (exact) mass is 642 g/mol. The molecule has 4 nitrogen and oxygen atoms in total. The lowest BCUT2D eigenvalue weighted by Gasteiger charge is -2.21. The minimum absolute atomic E-state index is 0.0149. The molecule has 0 saturated heterocycles. The predicted molar refractivity (Wildman–Crippen MR) is 194 cm³/mol. The molecule has 7 aromatic rings. The minimum atomic E-state index is -3.34. The second-order valence-electron chi connectivity index (χ2n) is 12.8. The van der Waals surface area contributed by atoms with Crippen molar-refractivity contribution in [3.8, 4) is 22.3 Å². The molecule has 2 aliphatic rings. The van der Waals surface area contributed by atoms with Gasteiger partial charge >= 0.3 is 0 Å². The molecule has 0 fully saturated rings. The van der Waals surface area contributed by atoms with Crippen LogP contribution < -0.4 is 5.32 Å². The number of benzene rings is 6. The summed E-state index contributed by atoms with van der Waals surface area (Å²) in [5.41, 5.74) is 13.1. The molecule has 232 valence electrons. The Morgan fingerprint density at radius 1 is 0.562 bits per heavy atom. The van der Waals surface area contributed by atoms with E-state index in [0.29, 0.717) is 0 Å². The molecule has 9 rings (SSSR count). The van der Waals surface area contributed by atoms with Crippen molar-refractivity contribution in [2.75, 3.05) is 0 Å². The Kier molecular flexibility index (Phi) is 6.78. The van der Waals surface area contributed by atoms with Gasteiger partial charge in [-0.05, 0) is 93.1 Å². The van der Waals surface area contributed by atoms with Crippen molar-refractivity contribution < 1.29 is 18.2 Å². The number of para-hydroxylation sites is 1. The van der Waals surface area contributed by atoms with Crippen LogP contribution in [0.1, 0.15) is 33.9 Å². The molecular formula is C43H32NO3S+. The average molecular weight is 643 g/mol. The van der Waals surface area contributed by atoms with E-state index in [2.05, 4.69) is 108 Å². The van der Waals surface area contributed by atoms with Crippen LogP contribution in [-0.2, 0) is 21.3 Å². The summed E-state index contributed by atoms with van der Waals surface area (Å²) < 4.78 is 32.9. The van der Waals surface area contributed by atoms with Crippen LogP contribution in [0.4, 0.5) is 0 Å². The predicted octanol–water partition coefficient (Wildman–Crippen LogP) is 9.09. The van der Waals surface area contributed by atoms with Gasteiger partial charge in [0.15, 0.2) is 9.84 Å². The molecule has 5 heteroatoms. The normalized spacial score (nSPS) is 16.9. The topological polar surface area (TPSA) is 63.9 Å². The molecule has 1 unspecified atom stereocenters. The molecule has 0 radical (unpaired) electrons. The lowest BCUT2D eigenvalue weighted by molar-refractivity contribution is -0.598. The number of hydrogen-bond acceptors (Lipinski definition) is 3. The lowest BCUT2D eigenvalue weighted by atomic mass is 9.88. The van der Waals surface area contributed by atoms with E-state index < -0.39 is 9.84 Å². The first kappa shape index (κ1) is 28.7. The fourth-order valence-corrected chi connectivity index (χ4v) is 8.80. The molecule has 0 amide bonds. The highest BCUT2D eigenvalue weighted by Crippen LogP contribution is 2.40. The summed E-state index contributed by atoms with van der Waals surface area (Å²) in [5.74, 6) is 0.0309. The van der Waals surface area contributed by atoms with Crippen LogP contribution in [0.25, 0.3) is 55.5 Å². The van der Waals surface area contributed by atoms with Crippen molar-refractivity contribution >= 4 is 43.0 Å². The Morgan fingerprint density at radius 3 is 1.94 bits per heavy atom. The van der Waals surface area contributed by atoms with Crippen LogP contribution >= 0.6 is 0 Å². The van der Waals surface area contributed by atoms with Gasteiger partial charge in [0, 0.05) is 28.0 Å². The van der Waals surface area contributed by atoms with Crippen molar-refractivity contribution in [2.24, 2.45) is 0 Å². The third-order valence-electron chi connectivity index (χ3n) is 9.63. The highest BCUT2D eigenvalue weighted by Gasteiger charge is 2.27. The Hall–Kier alpha value is -5.49. The number of allylic oxidation sites excluding steroid dienone is 2. The first-order valence-electron chi connectivity index (χ1n) is 16.2. The Balaban J connectivity index is 1.18. The maximum absolute atomic E-state index is 13.3. The number of furan rings is 1. The summed E-state index contributed by atoms with van der Waals surface area (Å²) in [6.07, 6.45) is 4.57. The number of hydrogen-bond donors (Lipinski definition) is 1. The Labute approximate surface area is 279 Å². The molecule has 1 atom stereocenters. The highest BCUT2D eigenvalue weighted by molar-refractivity contribution is 7.89. The molecule has 48 heavy (non-hydrogen) atoms. The molecule has 2 aliphatic heterocycles. The van der Waals surface area contributed by atoms with Crippen LogP contribution in [0.2, 0.25) is 0 Å². The largest absolute Gasteiger partial charge is 0.456 e. The maximum Gasteiger partial charge on any atom is 0.158 e. The van der Waals surface area contributed by atoms with E-state index in [1.54, 1.807) is 0 Å². The second kappa shape index (κ2) is 11.3. The average Bonchev–Trinajstić information content (AvgIpc) is 3.45. The van der Waals surface area contributed by atoms with Gasteiger partial charge in [-0.15, -0.1) is 0 Å². The molecule has 0 saturated carbocycles. The van der Waals surface area contributed by atoms with Crippen molar-refractivity contribution in [1.82, 2.24) is 0 Å². The fraction of sp³-hybridized carbons (Fsp3) is 0.0698. The molecule has 1 aromatic heterocycles. The van der Waals surface area contributed by atoms with Crippen molar-refractivity contribution in [3.63, 3.8) is 0 Å². The number of nitrogens with two attached hydrogens (primary N) is 1. The van der Waals surface area contributed by atoms with Crippen molar-refractivity contribution in [3.05, 3.63) is 179 Å². The standard InChI is InChI=1S/C43H31NO3S/c45-48(46)26-33-17-15-30(32-19-20-37-36-13-7-8-14-42(36)47-43(37)25-32)21-38(33)39-22-31(16-18-34(39)27-48)35-23-40(28-9-3-1-4-10-28)44-41(24-35)29-11-5-2-6-12-29/h1-25,40,44H,26-27H2/p+1. The van der Waals surface area contributed by atoms with E-state index in [9.17, 15) is 8.42 Å². The van der Waals surface area contributed by atoms with E-state index >= 15 is 0 Å². The molecule has 0 spiro atoms. The molecule has 0 bridgehead atoms. The van der Waals surface area contributed by atoms with Gasteiger partial charge in [0.2, 0.25) is 0 Å². The molecule has 2 N–H and O–H groups in total. The van der Waals surface area contributed by atoms with Gasteiger partial charge in [0.25, 0.3) is 0 Å². The summed E-state index contributed by atoms with van der Waals surface area (Å²) in [4.78, 5) is 0.